The van der Waals surface area contributed by atoms with Crippen molar-refractivity contribution in [2.45, 2.75) is 67.7 Å². The highest BCUT2D eigenvalue weighted by atomic mass is 33.1. The van der Waals surface area contributed by atoms with Crippen LogP contribution in [0.15, 0.2) is 29.4 Å². The molecule has 3 amide bonds. The number of nitrogens with zero attached hydrogens (tertiary/aromatic N) is 1. The number of carbonyl (C=O) groups excluding carboxylic acids is 4. The van der Waals surface area contributed by atoms with Crippen LogP contribution in [0.1, 0.15) is 26.2 Å². The van der Waals surface area contributed by atoms with Gasteiger partial charge in [0.05, 0.1) is 6.04 Å². The van der Waals surface area contributed by atoms with Gasteiger partial charge in [0.25, 0.3) is 5.91 Å². The van der Waals surface area contributed by atoms with Crippen LogP contribution in [-0.2, 0) is 19.2 Å². The standard InChI is InChI=1S/C22H35N5O8S2/c1-12(28)16(29)17(30)18(31)19(32)22(35)26-10-5-3-7-13(24-2)21(34)27-14(20(23)33)11-36-37-15-8-4-6-9-25-15/h4,6,8-9,13-14,16-19,24,29-32H,3,5,7,10-11H2,1-2H3,(H2,23,33)(H,26,35)(H,27,34)/t13-,14-,16-,17+,18+,19-/m0/s1. The molecule has 37 heavy (non-hydrogen) atoms. The Kier molecular flexibility index (Phi) is 15.3. The number of nitrogens with one attached hydrogen (secondary N) is 3. The highest BCUT2D eigenvalue weighted by Crippen LogP contribution is 2.29. The summed E-state index contributed by atoms with van der Waals surface area (Å²) in [5.41, 5.74) is 5.43. The molecule has 0 fully saturated rings. The molecule has 0 bridgehead atoms. The van der Waals surface area contributed by atoms with E-state index in [0.29, 0.717) is 19.3 Å². The van der Waals surface area contributed by atoms with E-state index in [1.165, 1.54) is 21.6 Å². The number of carbonyl (C=O) groups is 4. The number of rotatable bonds is 18. The molecule has 0 radical (unpaired) electrons. The SMILES string of the molecule is CN[C@@H](CCCCNC(=O)[C@@H](O)[C@H](O)[C@H](O)[C@@H](O)C(C)=O)C(=O)N[C@@H](CSSc1ccccn1)C(N)=O. The fourth-order valence-electron chi connectivity index (χ4n) is 2.99. The largest absolute Gasteiger partial charge is 0.387 e. The Hall–Kier alpha value is -2.27. The van der Waals surface area contributed by atoms with Crippen LogP contribution in [0.2, 0.25) is 0 Å². The molecule has 0 spiro atoms. The summed E-state index contributed by atoms with van der Waals surface area (Å²) in [6.45, 7) is 1.08. The number of unbranched alkanes of at least 4 members (excludes halogenated alkanes) is 1. The van der Waals surface area contributed by atoms with E-state index in [1.807, 2.05) is 12.1 Å². The predicted octanol–water partition coefficient (Wildman–Crippen LogP) is -2.30. The summed E-state index contributed by atoms with van der Waals surface area (Å²) < 4.78 is 0. The monoisotopic (exact) mass is 561 g/mol. The van der Waals surface area contributed by atoms with Gasteiger partial charge in [0, 0.05) is 18.5 Å². The third-order valence-electron chi connectivity index (χ3n) is 5.24. The Balaban J connectivity index is 2.41. The molecule has 0 unspecified atom stereocenters. The number of amides is 3. The second-order valence-electron chi connectivity index (χ2n) is 8.11. The Bertz CT molecular complexity index is 882. The third-order valence-corrected chi connectivity index (χ3v) is 7.52. The summed E-state index contributed by atoms with van der Waals surface area (Å²) in [6, 6.07) is 3.94. The molecule has 0 aromatic carbocycles. The maximum absolute atomic E-state index is 12.6. The van der Waals surface area contributed by atoms with Crippen molar-refractivity contribution in [3.8, 4) is 0 Å². The number of Topliss-reactive ketones (excluding diaryl/α,β-unsaturated/α-hetero) is 1. The van der Waals surface area contributed by atoms with Crippen LogP contribution in [0.25, 0.3) is 0 Å². The average molecular weight is 562 g/mol. The van der Waals surface area contributed by atoms with Gasteiger partial charge in [-0.05, 0) is 56.2 Å². The van der Waals surface area contributed by atoms with Gasteiger partial charge in [0.15, 0.2) is 11.9 Å². The molecule has 0 saturated heterocycles. The van der Waals surface area contributed by atoms with E-state index in [9.17, 15) is 39.6 Å². The lowest BCUT2D eigenvalue weighted by molar-refractivity contribution is -0.153. The minimum absolute atomic E-state index is 0.0946. The second kappa shape index (κ2) is 17.3. The zero-order chi connectivity index (χ0) is 28.0. The van der Waals surface area contributed by atoms with E-state index in [-0.39, 0.29) is 12.3 Å². The molecule has 13 nitrogen and oxygen atoms in total. The van der Waals surface area contributed by atoms with Crippen LogP contribution in [0.3, 0.4) is 0 Å². The number of ketones is 1. The van der Waals surface area contributed by atoms with Crippen molar-refractivity contribution in [1.29, 1.82) is 0 Å². The zero-order valence-corrected chi connectivity index (χ0v) is 22.2. The summed E-state index contributed by atoms with van der Waals surface area (Å²) in [5, 5.41) is 47.4. The van der Waals surface area contributed by atoms with E-state index < -0.39 is 60.0 Å². The summed E-state index contributed by atoms with van der Waals surface area (Å²) in [7, 11) is 4.28. The topological polar surface area (TPSA) is 224 Å². The van der Waals surface area contributed by atoms with Crippen molar-refractivity contribution in [3.63, 3.8) is 0 Å². The van der Waals surface area contributed by atoms with Crippen molar-refractivity contribution in [2.75, 3.05) is 19.3 Å². The van der Waals surface area contributed by atoms with Gasteiger partial charge in [-0.3, -0.25) is 19.2 Å². The number of hydrogen-bond acceptors (Lipinski definition) is 12. The zero-order valence-electron chi connectivity index (χ0n) is 20.6. The van der Waals surface area contributed by atoms with E-state index >= 15 is 0 Å². The van der Waals surface area contributed by atoms with Crippen LogP contribution < -0.4 is 21.7 Å². The first kappa shape index (κ1) is 32.8. The smallest absolute Gasteiger partial charge is 0.251 e. The minimum atomic E-state index is -2.06. The van der Waals surface area contributed by atoms with E-state index in [0.717, 1.165) is 11.9 Å². The molecule has 6 atom stereocenters. The lowest BCUT2D eigenvalue weighted by Gasteiger charge is -2.24. The second-order valence-corrected chi connectivity index (χ2v) is 10.5. The van der Waals surface area contributed by atoms with E-state index in [4.69, 9.17) is 5.73 Å². The molecule has 1 aromatic heterocycles. The van der Waals surface area contributed by atoms with Gasteiger partial charge in [-0.1, -0.05) is 16.9 Å². The van der Waals surface area contributed by atoms with Crippen LogP contribution in [0.4, 0.5) is 0 Å². The van der Waals surface area contributed by atoms with Crippen LogP contribution >= 0.6 is 21.6 Å². The van der Waals surface area contributed by atoms with Gasteiger partial charge < -0.3 is 42.1 Å². The van der Waals surface area contributed by atoms with Gasteiger partial charge in [0.1, 0.15) is 29.4 Å². The highest BCUT2D eigenvalue weighted by Gasteiger charge is 2.36. The first-order valence-corrected chi connectivity index (χ1v) is 13.8. The molecule has 0 aliphatic heterocycles. The molecule has 1 heterocycles. The molecule has 0 aliphatic carbocycles. The molecule has 0 aliphatic rings. The number of aromatic nitrogens is 1. The lowest BCUT2D eigenvalue weighted by atomic mass is 10.0. The average Bonchev–Trinajstić information content (AvgIpc) is 2.88. The van der Waals surface area contributed by atoms with Crippen molar-refractivity contribution in [2.24, 2.45) is 5.73 Å². The first-order valence-electron chi connectivity index (χ1n) is 11.5. The fourth-order valence-corrected chi connectivity index (χ4v) is 5.07. The summed E-state index contributed by atoms with van der Waals surface area (Å²) in [5.74, 6) is -2.64. The maximum atomic E-state index is 12.6. The number of aliphatic hydroxyl groups excluding tert-OH is 4. The Morgan fingerprint density at radius 1 is 1.00 bits per heavy atom. The number of hydrogen-bond donors (Lipinski definition) is 8. The van der Waals surface area contributed by atoms with Crippen molar-refractivity contribution < 1.29 is 39.6 Å². The molecule has 15 heteroatoms. The molecule has 208 valence electrons. The van der Waals surface area contributed by atoms with Gasteiger partial charge in [-0.15, -0.1) is 0 Å². The van der Waals surface area contributed by atoms with E-state index in [1.54, 1.807) is 19.3 Å². The van der Waals surface area contributed by atoms with Crippen molar-refractivity contribution in [3.05, 3.63) is 24.4 Å². The number of likely N-dealkylation sites (N-methyl/N-ethyl adjacent to an activating group) is 1. The van der Waals surface area contributed by atoms with Crippen LogP contribution in [0, 0.1) is 0 Å². The van der Waals surface area contributed by atoms with Gasteiger partial charge in [-0.25, -0.2) is 4.98 Å². The quantitative estimate of drug-likeness (QED) is 0.0700. The molecule has 9 N–H and O–H groups in total. The molecule has 1 aromatic rings. The Morgan fingerprint density at radius 3 is 2.24 bits per heavy atom. The minimum Gasteiger partial charge on any atom is -0.387 e. The predicted molar refractivity (Wildman–Crippen MR) is 138 cm³/mol. The number of aliphatic hydroxyl groups is 4. The van der Waals surface area contributed by atoms with Crippen molar-refractivity contribution in [1.82, 2.24) is 20.9 Å². The Morgan fingerprint density at radius 2 is 1.68 bits per heavy atom. The van der Waals surface area contributed by atoms with Gasteiger partial charge >= 0.3 is 0 Å². The summed E-state index contributed by atoms with van der Waals surface area (Å²) >= 11 is 0. The highest BCUT2D eigenvalue weighted by molar-refractivity contribution is 8.76. The van der Waals surface area contributed by atoms with Gasteiger partial charge in [-0.2, -0.15) is 0 Å². The van der Waals surface area contributed by atoms with Crippen LogP contribution in [-0.4, -0.2) is 105 Å². The molecular formula is C22H35N5O8S2. The number of pyridine rings is 1. The molecule has 0 saturated carbocycles. The van der Waals surface area contributed by atoms with Crippen LogP contribution in [0.5, 0.6) is 0 Å². The summed E-state index contributed by atoms with van der Waals surface area (Å²) in [4.78, 5) is 51.6. The third kappa shape index (κ3) is 11.8. The molecular weight excluding hydrogens is 526 g/mol. The van der Waals surface area contributed by atoms with Crippen molar-refractivity contribution >= 4 is 45.1 Å². The first-order chi connectivity index (χ1) is 17.5. The normalized spacial score (nSPS) is 16.1. The maximum Gasteiger partial charge on any atom is 0.251 e. The van der Waals surface area contributed by atoms with E-state index in [2.05, 4.69) is 20.9 Å². The Labute approximate surface area is 222 Å². The molecule has 1 rings (SSSR count). The fraction of sp³-hybridized carbons (Fsp3) is 0.591. The number of primary amides is 1. The lowest BCUT2D eigenvalue weighted by Crippen LogP contribution is -2.52. The van der Waals surface area contributed by atoms with Gasteiger partial charge in [0.2, 0.25) is 11.8 Å². The summed E-state index contributed by atoms with van der Waals surface area (Å²) in [6.07, 6.45) is -5.16. The number of nitrogens with two attached hydrogens (primary N) is 1.